The van der Waals surface area contributed by atoms with Gasteiger partial charge in [0.1, 0.15) is 35.4 Å². The Hall–Kier alpha value is -5.66. The van der Waals surface area contributed by atoms with Gasteiger partial charge in [0.15, 0.2) is 18.4 Å². The van der Waals surface area contributed by atoms with Crippen LogP contribution in [0, 0.1) is 5.41 Å². The minimum absolute atomic E-state index is 0.00613. The Balaban J connectivity index is 0.999. The molecule has 2 aliphatic carbocycles. The molecule has 3 aliphatic heterocycles. The van der Waals surface area contributed by atoms with Crippen LogP contribution in [0.25, 0.3) is 6.08 Å². The number of hydroxylamine groups is 2. The normalized spacial score (nSPS) is 25.7. The number of aliphatic hydroxyl groups excluding tert-OH is 1. The Morgan fingerprint density at radius 1 is 0.954 bits per heavy atom. The molecule has 1 spiro atoms. The lowest BCUT2D eigenvalue weighted by Crippen LogP contribution is -2.69. The third-order valence-corrected chi connectivity index (χ3v) is 12.1. The molecule has 3 aromatic rings. The molecule has 3 saturated heterocycles. The fourth-order valence-corrected chi connectivity index (χ4v) is 9.37. The van der Waals surface area contributed by atoms with Crippen molar-refractivity contribution in [1.29, 1.82) is 0 Å². The lowest BCUT2D eigenvalue weighted by Gasteiger charge is -2.48. The molecule has 4 fully saturated rings. The number of aliphatic hydroxyl groups is 1. The van der Waals surface area contributed by atoms with E-state index in [1.54, 1.807) is 69.3 Å². The summed E-state index contributed by atoms with van der Waals surface area (Å²) in [5.41, 5.74) is 1.87. The maximum absolute atomic E-state index is 14.9. The first-order valence-electron chi connectivity index (χ1n) is 21.4. The quantitative estimate of drug-likeness (QED) is 0.117. The highest BCUT2D eigenvalue weighted by atomic mass is 19.4. The number of hydrogen-bond acceptors (Lipinski definition) is 13. The molecule has 2 amide bonds. The smallest absolute Gasteiger partial charge is 0.422 e. The summed E-state index contributed by atoms with van der Waals surface area (Å²) in [5.74, 6) is -4.35. The summed E-state index contributed by atoms with van der Waals surface area (Å²) in [6, 6.07) is 19.1. The Morgan fingerprint density at radius 3 is 2.34 bits per heavy atom. The number of hydrogen-bond donors (Lipinski definition) is 3. The number of esters is 3. The molecule has 8 rings (SSSR count). The second-order valence-electron chi connectivity index (χ2n) is 18.1. The van der Waals surface area contributed by atoms with Crippen molar-refractivity contribution in [2.75, 3.05) is 13.2 Å². The molecule has 65 heavy (non-hydrogen) atoms. The van der Waals surface area contributed by atoms with Crippen LogP contribution in [0.1, 0.15) is 78.2 Å². The third-order valence-electron chi connectivity index (χ3n) is 12.1. The van der Waals surface area contributed by atoms with Crippen molar-refractivity contribution in [3.8, 4) is 0 Å². The van der Waals surface area contributed by atoms with E-state index >= 15 is 0 Å². The van der Waals surface area contributed by atoms with Gasteiger partial charge < -0.3 is 39.4 Å². The molecule has 5 aliphatic rings. The summed E-state index contributed by atoms with van der Waals surface area (Å²) in [7, 11) is 0. The maximum atomic E-state index is 14.9. The summed E-state index contributed by atoms with van der Waals surface area (Å²) < 4.78 is 66.5. The van der Waals surface area contributed by atoms with Crippen molar-refractivity contribution in [2.24, 2.45) is 5.41 Å². The number of nitrogens with one attached hydrogen (secondary N) is 2. The van der Waals surface area contributed by atoms with E-state index in [1.807, 2.05) is 24.3 Å². The van der Waals surface area contributed by atoms with Crippen molar-refractivity contribution in [1.82, 2.24) is 15.7 Å². The average molecular weight is 906 g/mol. The van der Waals surface area contributed by atoms with Crippen LogP contribution in [-0.2, 0) is 73.6 Å². The molecule has 3 heterocycles. The number of fused-ring (bicyclic) bond motifs is 5. The predicted octanol–water partition coefficient (Wildman–Crippen LogP) is 4.41. The number of alkyl halides is 3. The number of carbonyl (C=O) groups excluding carboxylic acids is 5. The number of ether oxygens (including phenoxy) is 5. The Kier molecular flexibility index (Phi) is 12.7. The fraction of sp³-hybridized carbons (Fsp3) is 0.468. The number of amides is 2. The van der Waals surface area contributed by atoms with Gasteiger partial charge in [0.05, 0.1) is 19.2 Å². The molecular formula is C47H50F3N3O12. The van der Waals surface area contributed by atoms with Gasteiger partial charge in [0, 0.05) is 43.9 Å². The van der Waals surface area contributed by atoms with Crippen LogP contribution in [0.4, 0.5) is 13.2 Å². The van der Waals surface area contributed by atoms with Crippen LogP contribution in [0.5, 0.6) is 0 Å². The van der Waals surface area contributed by atoms with E-state index in [4.69, 9.17) is 23.8 Å². The van der Waals surface area contributed by atoms with Gasteiger partial charge in [0.25, 0.3) is 5.91 Å². The second-order valence-corrected chi connectivity index (χ2v) is 18.1. The van der Waals surface area contributed by atoms with Crippen LogP contribution >= 0.6 is 0 Å². The number of carbonyl (C=O) groups is 5. The molecule has 346 valence electrons. The average Bonchev–Trinajstić information content (AvgIpc) is 3.93. The molecule has 2 bridgehead atoms. The van der Waals surface area contributed by atoms with Gasteiger partial charge in [0.2, 0.25) is 5.91 Å². The SMILES string of the molecule is CC(C)(C)OC(=O)CCC(CO)NC(=O)c1cccc(CNC(=O)C23CC4OC(=O)C2N(Cc2ccc(C=CC(=O)OCC(F)(F)F)cc2)OC3C2OC3(Cc5ccccc5C3)OC42)c1. The maximum Gasteiger partial charge on any atom is 0.422 e. The topological polar surface area (TPSA) is 188 Å². The number of benzene rings is 3. The summed E-state index contributed by atoms with van der Waals surface area (Å²) >= 11 is 0. The number of rotatable bonds is 14. The van der Waals surface area contributed by atoms with Gasteiger partial charge >= 0.3 is 24.1 Å². The number of nitrogens with zero attached hydrogens (tertiary/aromatic N) is 1. The van der Waals surface area contributed by atoms with E-state index in [2.05, 4.69) is 15.4 Å². The van der Waals surface area contributed by atoms with Gasteiger partial charge in [-0.2, -0.15) is 18.2 Å². The first-order chi connectivity index (χ1) is 30.8. The standard InChI is InChI=1S/C47H50F3N3O12/c1-44(2,3)62-36(56)18-16-33(25-54)52-41(57)30-10-6-7-29(19-30)23-51-43(59)46-22-34-37-38(64-45(63-37)20-31-8-4-5-9-32(31)21-45)40(46)65-53(39(46)42(58)61-34)24-28-13-11-27(12-14-28)15-17-35(55)60-26-47(48,49)50/h4-15,17,19,33-34,37-40,54H,16,18,20-26H2,1-3H3,(H,51,59)(H,52,57). The summed E-state index contributed by atoms with van der Waals surface area (Å²) in [6.45, 7) is 3.11. The molecule has 3 aromatic carbocycles. The largest absolute Gasteiger partial charge is 0.460 e. The predicted molar refractivity (Wildman–Crippen MR) is 222 cm³/mol. The van der Waals surface area contributed by atoms with Crippen molar-refractivity contribution in [3.05, 3.63) is 112 Å². The highest BCUT2D eigenvalue weighted by molar-refractivity contribution is 5.95. The van der Waals surface area contributed by atoms with E-state index < -0.39 is 102 Å². The van der Waals surface area contributed by atoms with E-state index in [0.717, 1.165) is 17.2 Å². The van der Waals surface area contributed by atoms with E-state index in [-0.39, 0.29) is 37.9 Å². The van der Waals surface area contributed by atoms with E-state index in [0.29, 0.717) is 29.5 Å². The fourth-order valence-electron chi connectivity index (χ4n) is 9.37. The highest BCUT2D eigenvalue weighted by Gasteiger charge is 2.76. The Morgan fingerprint density at radius 2 is 1.66 bits per heavy atom. The number of halogens is 3. The van der Waals surface area contributed by atoms with Crippen molar-refractivity contribution in [3.63, 3.8) is 0 Å². The van der Waals surface area contributed by atoms with E-state index in [9.17, 15) is 42.3 Å². The summed E-state index contributed by atoms with van der Waals surface area (Å²) in [6.07, 6.45) is -4.76. The lowest BCUT2D eigenvalue weighted by molar-refractivity contribution is -0.217. The molecular weight excluding hydrogens is 856 g/mol. The van der Waals surface area contributed by atoms with Crippen LogP contribution in [0.2, 0.25) is 0 Å². The zero-order valence-electron chi connectivity index (χ0n) is 35.9. The Labute approximate surface area is 372 Å². The van der Waals surface area contributed by atoms with Crippen LogP contribution in [0.15, 0.2) is 78.9 Å². The van der Waals surface area contributed by atoms with Gasteiger partial charge in [-0.25, -0.2) is 4.79 Å². The minimum Gasteiger partial charge on any atom is -0.460 e. The highest BCUT2D eigenvalue weighted by Crippen LogP contribution is 2.58. The van der Waals surface area contributed by atoms with Crippen molar-refractivity contribution >= 4 is 35.8 Å². The minimum atomic E-state index is -4.65. The van der Waals surface area contributed by atoms with Crippen LogP contribution < -0.4 is 10.6 Å². The third kappa shape index (κ3) is 9.96. The molecule has 1 saturated carbocycles. The zero-order chi connectivity index (χ0) is 46.3. The summed E-state index contributed by atoms with van der Waals surface area (Å²) in [4.78, 5) is 73.1. The molecule has 18 heteroatoms. The zero-order valence-corrected chi connectivity index (χ0v) is 35.9. The van der Waals surface area contributed by atoms with Crippen molar-refractivity contribution < 1.29 is 70.8 Å². The first kappa shape index (κ1) is 45.9. The van der Waals surface area contributed by atoms with Crippen LogP contribution in [-0.4, -0.2) is 107 Å². The molecule has 0 aromatic heterocycles. The van der Waals surface area contributed by atoms with Gasteiger partial charge in [-0.05, 0) is 73.2 Å². The summed E-state index contributed by atoms with van der Waals surface area (Å²) in [5, 5.41) is 17.1. The van der Waals surface area contributed by atoms with Gasteiger partial charge in [-0.15, -0.1) is 0 Å². The first-order valence-corrected chi connectivity index (χ1v) is 21.4. The molecule has 7 atom stereocenters. The molecule has 3 N–H and O–H groups in total. The Bertz CT molecular complexity index is 2320. The molecule has 0 radical (unpaired) electrons. The van der Waals surface area contributed by atoms with Crippen LogP contribution in [0.3, 0.4) is 0 Å². The molecule has 7 unspecified atom stereocenters. The van der Waals surface area contributed by atoms with E-state index in [1.165, 1.54) is 11.1 Å². The van der Waals surface area contributed by atoms with Gasteiger partial charge in [-0.1, -0.05) is 60.7 Å². The van der Waals surface area contributed by atoms with Crippen molar-refractivity contribution in [2.45, 2.75) is 120 Å². The monoisotopic (exact) mass is 905 g/mol. The molecule has 15 nitrogen and oxygen atoms in total. The van der Waals surface area contributed by atoms with Gasteiger partial charge in [-0.3, -0.25) is 24.0 Å². The lowest BCUT2D eigenvalue weighted by atomic mass is 9.62. The second kappa shape index (κ2) is 18.0.